The lowest BCUT2D eigenvalue weighted by Crippen LogP contribution is -1.92. The first-order valence-corrected chi connectivity index (χ1v) is 1.82. The van der Waals surface area contributed by atoms with Crippen LogP contribution in [0.5, 0.6) is 0 Å². The van der Waals surface area contributed by atoms with Crippen molar-refractivity contribution in [1.29, 1.82) is 0 Å². The summed E-state index contributed by atoms with van der Waals surface area (Å²) in [5, 5.41) is 0. The Hall–Kier alpha value is -0.830. The molecule has 0 aliphatic carbocycles. The van der Waals surface area contributed by atoms with Crippen molar-refractivity contribution in [3.05, 3.63) is 12.2 Å². The second-order valence-electron chi connectivity index (χ2n) is 1.24. The van der Waals surface area contributed by atoms with Crippen molar-refractivity contribution in [2.24, 2.45) is 0 Å². The van der Waals surface area contributed by atoms with E-state index >= 15 is 0 Å². The van der Waals surface area contributed by atoms with Gasteiger partial charge in [0, 0.05) is 0 Å². The van der Waals surface area contributed by atoms with E-state index in [9.17, 15) is 4.79 Å². The molecule has 1 aliphatic rings. The zero-order chi connectivity index (χ0) is 5.28. The lowest BCUT2D eigenvalue weighted by molar-refractivity contribution is -0.240. The molecule has 0 aromatic heterocycles. The molecule has 3 heteroatoms. The average molecular weight is 100 g/mol. The molecule has 0 amide bonds. The minimum Gasteiger partial charge on any atom is -0.293 e. The van der Waals surface area contributed by atoms with E-state index in [1.807, 2.05) is 0 Å². The Balaban J connectivity index is 2.65. The van der Waals surface area contributed by atoms with Crippen LogP contribution in [0.4, 0.5) is 0 Å². The van der Waals surface area contributed by atoms with E-state index in [0.717, 1.165) is 0 Å². The first-order chi connectivity index (χ1) is 3.30. The fourth-order valence-electron chi connectivity index (χ4n) is 0.272. The van der Waals surface area contributed by atoms with Gasteiger partial charge in [0.2, 0.25) is 0 Å². The zero-order valence-corrected chi connectivity index (χ0v) is 3.64. The largest absolute Gasteiger partial charge is 0.371 e. The molecule has 0 aromatic carbocycles. The Labute approximate surface area is 40.5 Å². The Morgan fingerprint density at radius 2 is 2.43 bits per heavy atom. The summed E-state index contributed by atoms with van der Waals surface area (Å²) in [7, 11) is 0. The first kappa shape index (κ1) is 4.33. The van der Waals surface area contributed by atoms with Crippen LogP contribution in [0.15, 0.2) is 12.2 Å². The molecule has 0 saturated carbocycles. The quantitative estimate of drug-likeness (QED) is 0.318. The molecule has 0 spiro atoms. The number of carbonyl (C=O) groups is 1. The van der Waals surface area contributed by atoms with Crippen molar-refractivity contribution in [1.82, 2.24) is 0 Å². The van der Waals surface area contributed by atoms with Crippen molar-refractivity contribution >= 4 is 5.97 Å². The highest BCUT2D eigenvalue weighted by atomic mass is 17.2. The minimum absolute atomic E-state index is 0.207. The molecule has 1 fully saturated rings. The summed E-state index contributed by atoms with van der Waals surface area (Å²) < 4.78 is 0. The lowest BCUT2D eigenvalue weighted by atomic mass is 10.3. The third-order valence-corrected chi connectivity index (χ3v) is 0.656. The standard InChI is InChI=1S/C4H4O3/c1-3-2-6-7-4(3)5/h1-2H2. The van der Waals surface area contributed by atoms with Crippen molar-refractivity contribution in [2.75, 3.05) is 6.61 Å². The predicted octanol–water partition coefficient (Wildman–Crippen LogP) is 0.0310. The van der Waals surface area contributed by atoms with Crippen molar-refractivity contribution < 1.29 is 14.6 Å². The number of hydrogen-bond acceptors (Lipinski definition) is 3. The molecule has 0 atom stereocenters. The van der Waals surface area contributed by atoms with E-state index in [0.29, 0.717) is 5.57 Å². The van der Waals surface area contributed by atoms with Gasteiger partial charge in [-0.05, 0) is 0 Å². The van der Waals surface area contributed by atoms with Crippen LogP contribution < -0.4 is 0 Å². The van der Waals surface area contributed by atoms with Crippen molar-refractivity contribution in [3.8, 4) is 0 Å². The first-order valence-electron chi connectivity index (χ1n) is 1.82. The molecule has 1 heterocycles. The second-order valence-corrected chi connectivity index (χ2v) is 1.24. The summed E-state index contributed by atoms with van der Waals surface area (Å²) >= 11 is 0. The SMILES string of the molecule is C=C1COOC1=O. The van der Waals surface area contributed by atoms with Gasteiger partial charge in [-0.25, -0.2) is 4.79 Å². The summed E-state index contributed by atoms with van der Waals surface area (Å²) in [4.78, 5) is 18.4. The summed E-state index contributed by atoms with van der Waals surface area (Å²) in [5.74, 6) is -0.458. The molecule has 7 heavy (non-hydrogen) atoms. The highest BCUT2D eigenvalue weighted by Gasteiger charge is 2.17. The van der Waals surface area contributed by atoms with Gasteiger partial charge in [-0.2, -0.15) is 4.89 Å². The number of rotatable bonds is 0. The van der Waals surface area contributed by atoms with E-state index in [4.69, 9.17) is 0 Å². The molecule has 1 aliphatic heterocycles. The lowest BCUT2D eigenvalue weighted by Gasteiger charge is -1.78. The van der Waals surface area contributed by atoms with Crippen LogP contribution in [0.25, 0.3) is 0 Å². The molecule has 1 rings (SSSR count). The van der Waals surface area contributed by atoms with Crippen LogP contribution in [-0.4, -0.2) is 12.6 Å². The normalized spacial score (nSPS) is 20.0. The molecule has 0 bridgehead atoms. The summed E-state index contributed by atoms with van der Waals surface area (Å²) in [6.07, 6.45) is 0. The molecule has 0 N–H and O–H groups in total. The topological polar surface area (TPSA) is 35.5 Å². The molecular weight excluding hydrogens is 96.0 g/mol. The van der Waals surface area contributed by atoms with Crippen LogP contribution in [0, 0.1) is 0 Å². The Morgan fingerprint density at radius 1 is 1.71 bits per heavy atom. The van der Waals surface area contributed by atoms with Gasteiger partial charge in [-0.15, -0.1) is 0 Å². The van der Waals surface area contributed by atoms with Gasteiger partial charge in [0.1, 0.15) is 6.61 Å². The second kappa shape index (κ2) is 1.35. The van der Waals surface area contributed by atoms with Crippen molar-refractivity contribution in [2.45, 2.75) is 0 Å². The van der Waals surface area contributed by atoms with E-state index in [-0.39, 0.29) is 6.61 Å². The van der Waals surface area contributed by atoms with Gasteiger partial charge in [-0.1, -0.05) is 6.58 Å². The van der Waals surface area contributed by atoms with Crippen LogP contribution in [-0.2, 0) is 14.6 Å². The molecule has 1 saturated heterocycles. The average Bonchev–Trinajstić information content (AvgIpc) is 1.91. The molecular formula is C4H4O3. The highest BCUT2D eigenvalue weighted by molar-refractivity contribution is 5.88. The van der Waals surface area contributed by atoms with Crippen LogP contribution in [0.1, 0.15) is 0 Å². The molecule has 0 aromatic rings. The van der Waals surface area contributed by atoms with Gasteiger partial charge in [0.25, 0.3) is 0 Å². The van der Waals surface area contributed by atoms with Crippen LogP contribution >= 0.6 is 0 Å². The van der Waals surface area contributed by atoms with Crippen molar-refractivity contribution in [3.63, 3.8) is 0 Å². The monoisotopic (exact) mass is 100 g/mol. The van der Waals surface area contributed by atoms with Gasteiger partial charge in [-0.3, -0.25) is 4.89 Å². The molecule has 0 radical (unpaired) electrons. The fraction of sp³-hybridized carbons (Fsp3) is 0.250. The summed E-state index contributed by atoms with van der Waals surface area (Å²) in [6, 6.07) is 0. The van der Waals surface area contributed by atoms with Gasteiger partial charge in [0.15, 0.2) is 0 Å². The predicted molar refractivity (Wildman–Crippen MR) is 21.2 cm³/mol. The van der Waals surface area contributed by atoms with E-state index in [2.05, 4.69) is 16.4 Å². The molecule has 3 nitrogen and oxygen atoms in total. The maximum absolute atomic E-state index is 10.1. The van der Waals surface area contributed by atoms with E-state index in [1.54, 1.807) is 0 Å². The number of hydrogen-bond donors (Lipinski definition) is 0. The Morgan fingerprint density at radius 3 is 2.57 bits per heavy atom. The van der Waals surface area contributed by atoms with Gasteiger partial charge < -0.3 is 0 Å². The van der Waals surface area contributed by atoms with Crippen LogP contribution in [0.2, 0.25) is 0 Å². The third-order valence-electron chi connectivity index (χ3n) is 0.656. The van der Waals surface area contributed by atoms with Crippen LogP contribution in [0.3, 0.4) is 0 Å². The third kappa shape index (κ3) is 0.618. The molecule has 38 valence electrons. The Bertz CT molecular complexity index is 102. The molecule has 0 unspecified atom stereocenters. The smallest absolute Gasteiger partial charge is 0.293 e. The van der Waals surface area contributed by atoms with Gasteiger partial charge in [0.05, 0.1) is 5.57 Å². The van der Waals surface area contributed by atoms with Gasteiger partial charge >= 0.3 is 5.97 Å². The van der Waals surface area contributed by atoms with E-state index in [1.165, 1.54) is 0 Å². The summed E-state index contributed by atoms with van der Waals surface area (Å²) in [6.45, 7) is 3.54. The Kier molecular flexibility index (Phi) is 0.834. The highest BCUT2D eigenvalue weighted by Crippen LogP contribution is 2.03. The summed E-state index contributed by atoms with van der Waals surface area (Å²) in [5.41, 5.74) is 0.375. The number of carbonyl (C=O) groups excluding carboxylic acids is 1. The minimum atomic E-state index is -0.458. The fourth-order valence-corrected chi connectivity index (χ4v) is 0.272. The van der Waals surface area contributed by atoms with E-state index < -0.39 is 5.97 Å². The zero-order valence-electron chi connectivity index (χ0n) is 3.64. The maximum atomic E-state index is 10.1. The maximum Gasteiger partial charge on any atom is 0.371 e.